The average Bonchev–Trinajstić information content (AvgIpc) is 2.96. The number of anilines is 1. The Morgan fingerprint density at radius 3 is 2.51 bits per heavy atom. The van der Waals surface area contributed by atoms with Crippen LogP contribution in [0, 0.1) is 5.82 Å². The van der Waals surface area contributed by atoms with E-state index in [0.717, 1.165) is 10.8 Å². The third-order valence-corrected chi connectivity index (χ3v) is 7.54. The van der Waals surface area contributed by atoms with E-state index in [1.165, 1.54) is 11.0 Å². The van der Waals surface area contributed by atoms with Gasteiger partial charge in [0.1, 0.15) is 23.7 Å². The van der Waals surface area contributed by atoms with Gasteiger partial charge in [0.15, 0.2) is 5.82 Å². The maximum Gasteiger partial charge on any atom is 0.319 e. The lowest BCUT2D eigenvalue weighted by Gasteiger charge is -2.35. The Kier molecular flexibility index (Phi) is 8.12. The highest BCUT2D eigenvalue weighted by Gasteiger charge is 2.27. The zero-order valence-electron chi connectivity index (χ0n) is 23.2. The molecule has 11 heteroatoms. The molecule has 0 unspecified atom stereocenters. The quantitative estimate of drug-likeness (QED) is 0.334. The molecule has 0 saturated carbocycles. The van der Waals surface area contributed by atoms with Gasteiger partial charge in [0.2, 0.25) is 11.8 Å². The normalized spacial score (nSPS) is 13.6. The Bertz CT molecular complexity index is 1640. The van der Waals surface area contributed by atoms with Gasteiger partial charge in [0.05, 0.1) is 11.4 Å². The molecule has 9 nitrogen and oxygen atoms in total. The third-order valence-electron chi connectivity index (χ3n) is 7.24. The standard InChI is InChI=1S/C30H31ClFN5O4/c1-4-24(39)36-10-12-37(13-11-36)29-22-17-23(31)26(21-16-19(38)15-18-7-5-6-8-20(18)21)27(32)28(22)33-30(34-29)41-14-9-25(40)35(2)3/h5-8,15-17,38H,4,9-14H2,1-3H3. The number of nitrogens with zero attached hydrogens (tertiary/aromatic N) is 5. The van der Waals surface area contributed by atoms with Crippen LogP contribution in [0.25, 0.3) is 32.8 Å². The van der Waals surface area contributed by atoms with E-state index in [1.807, 2.05) is 36.1 Å². The van der Waals surface area contributed by atoms with Crippen LogP contribution in [0.15, 0.2) is 42.5 Å². The number of phenols is 1. The molecule has 1 saturated heterocycles. The monoisotopic (exact) mass is 579 g/mol. The lowest BCUT2D eigenvalue weighted by atomic mass is 9.96. The Labute approximate surface area is 242 Å². The highest BCUT2D eigenvalue weighted by molar-refractivity contribution is 6.35. The minimum absolute atomic E-state index is 0.00262. The molecule has 0 atom stereocenters. The van der Waals surface area contributed by atoms with Crippen LogP contribution in [-0.4, -0.2) is 83.6 Å². The SMILES string of the molecule is CCC(=O)N1CCN(c2nc(OCCC(=O)N(C)C)nc3c(F)c(-c4cc(O)cc5ccccc45)c(Cl)cc23)CC1. The molecule has 0 bridgehead atoms. The first-order valence-corrected chi connectivity index (χ1v) is 13.8. The molecular weight excluding hydrogens is 549 g/mol. The zero-order valence-corrected chi connectivity index (χ0v) is 23.9. The number of fused-ring (bicyclic) bond motifs is 2. The predicted octanol–water partition coefficient (Wildman–Crippen LogP) is 4.86. The molecule has 5 rings (SSSR count). The van der Waals surface area contributed by atoms with E-state index >= 15 is 4.39 Å². The molecule has 1 N–H and O–H groups in total. The van der Waals surface area contributed by atoms with E-state index in [1.54, 1.807) is 31.1 Å². The van der Waals surface area contributed by atoms with Crippen molar-refractivity contribution in [2.45, 2.75) is 19.8 Å². The van der Waals surface area contributed by atoms with Gasteiger partial charge < -0.3 is 24.5 Å². The highest BCUT2D eigenvalue weighted by Crippen LogP contribution is 2.42. The van der Waals surface area contributed by atoms with Crippen LogP contribution in [0.2, 0.25) is 5.02 Å². The largest absolute Gasteiger partial charge is 0.508 e. The summed E-state index contributed by atoms with van der Waals surface area (Å²) in [6.07, 6.45) is 0.526. The number of amides is 2. The van der Waals surface area contributed by atoms with E-state index < -0.39 is 5.82 Å². The van der Waals surface area contributed by atoms with E-state index in [4.69, 9.17) is 16.3 Å². The molecule has 3 aromatic carbocycles. The fourth-order valence-corrected chi connectivity index (χ4v) is 5.35. The summed E-state index contributed by atoms with van der Waals surface area (Å²) in [5.41, 5.74) is 0.529. The number of aromatic nitrogens is 2. The maximum absolute atomic E-state index is 16.5. The van der Waals surface area contributed by atoms with Crippen LogP contribution in [0.4, 0.5) is 10.2 Å². The van der Waals surface area contributed by atoms with Gasteiger partial charge in [-0.05, 0) is 34.5 Å². The van der Waals surface area contributed by atoms with Gasteiger partial charge in [0, 0.05) is 57.6 Å². The summed E-state index contributed by atoms with van der Waals surface area (Å²) < 4.78 is 22.3. The fraction of sp³-hybridized carbons (Fsp3) is 0.333. The molecular formula is C30H31ClFN5O4. The van der Waals surface area contributed by atoms with E-state index in [9.17, 15) is 14.7 Å². The van der Waals surface area contributed by atoms with E-state index in [2.05, 4.69) is 9.97 Å². The lowest BCUT2D eigenvalue weighted by Crippen LogP contribution is -2.49. The van der Waals surface area contributed by atoms with Crippen molar-refractivity contribution in [3.63, 3.8) is 0 Å². The summed E-state index contributed by atoms with van der Waals surface area (Å²) in [5.74, 6) is -0.323. The van der Waals surface area contributed by atoms with Crippen LogP contribution in [0.5, 0.6) is 11.8 Å². The van der Waals surface area contributed by atoms with Gasteiger partial charge in [-0.1, -0.05) is 42.8 Å². The van der Waals surface area contributed by atoms with E-state index in [0.29, 0.717) is 49.4 Å². The van der Waals surface area contributed by atoms with Gasteiger partial charge in [-0.25, -0.2) is 4.39 Å². The van der Waals surface area contributed by atoms with Crippen molar-refractivity contribution >= 4 is 50.9 Å². The van der Waals surface area contributed by atoms with Crippen molar-refractivity contribution in [3.05, 3.63) is 53.3 Å². The second kappa shape index (κ2) is 11.7. The van der Waals surface area contributed by atoms with Crippen LogP contribution in [0.3, 0.4) is 0 Å². The zero-order chi connectivity index (χ0) is 29.3. The van der Waals surface area contributed by atoms with Crippen molar-refractivity contribution in [1.82, 2.24) is 19.8 Å². The molecule has 1 aliphatic heterocycles. The minimum Gasteiger partial charge on any atom is -0.508 e. The number of aromatic hydroxyl groups is 1. The molecule has 1 aromatic heterocycles. The molecule has 4 aromatic rings. The van der Waals surface area contributed by atoms with Gasteiger partial charge >= 0.3 is 6.01 Å². The summed E-state index contributed by atoms with van der Waals surface area (Å²) in [5, 5.41) is 12.4. The average molecular weight is 580 g/mol. The molecule has 214 valence electrons. The fourth-order valence-electron chi connectivity index (χ4n) is 5.06. The topological polar surface area (TPSA) is 99.1 Å². The van der Waals surface area contributed by atoms with Gasteiger partial charge in [-0.15, -0.1) is 0 Å². The number of hydrogen-bond donors (Lipinski definition) is 1. The molecule has 1 fully saturated rings. The molecule has 0 radical (unpaired) electrons. The van der Waals surface area contributed by atoms with Crippen molar-refractivity contribution < 1.29 is 23.8 Å². The summed E-state index contributed by atoms with van der Waals surface area (Å²) in [6.45, 7) is 3.79. The van der Waals surface area contributed by atoms with Crippen molar-refractivity contribution in [3.8, 4) is 22.9 Å². The number of hydrogen-bond acceptors (Lipinski definition) is 7. The van der Waals surface area contributed by atoms with Gasteiger partial charge in [0.25, 0.3) is 0 Å². The second-order valence-electron chi connectivity index (χ2n) is 10.1. The van der Waals surface area contributed by atoms with Gasteiger partial charge in [-0.3, -0.25) is 9.59 Å². The van der Waals surface area contributed by atoms with Crippen LogP contribution in [-0.2, 0) is 9.59 Å². The first kappa shape index (κ1) is 28.4. The Balaban J connectivity index is 1.62. The van der Waals surface area contributed by atoms with Crippen LogP contribution < -0.4 is 9.64 Å². The maximum atomic E-state index is 16.5. The third kappa shape index (κ3) is 5.69. The Hall–Kier alpha value is -4.18. The first-order chi connectivity index (χ1) is 19.7. The number of carbonyl (C=O) groups is 2. The number of carbonyl (C=O) groups excluding carboxylic acids is 2. The molecule has 0 spiro atoms. The molecule has 1 aliphatic rings. The number of benzene rings is 3. The Morgan fingerprint density at radius 1 is 1.07 bits per heavy atom. The summed E-state index contributed by atoms with van der Waals surface area (Å²) in [6, 6.07) is 12.0. The van der Waals surface area contributed by atoms with Gasteiger partial charge in [-0.2, -0.15) is 9.97 Å². The highest BCUT2D eigenvalue weighted by atomic mass is 35.5. The number of halogens is 2. The van der Waals surface area contributed by atoms with Crippen molar-refractivity contribution in [2.75, 3.05) is 51.8 Å². The van der Waals surface area contributed by atoms with Crippen molar-refractivity contribution in [1.29, 1.82) is 0 Å². The number of piperazine rings is 1. The van der Waals surface area contributed by atoms with Crippen molar-refractivity contribution in [2.24, 2.45) is 0 Å². The molecule has 0 aliphatic carbocycles. The Morgan fingerprint density at radius 2 is 1.80 bits per heavy atom. The number of phenolic OH excluding ortho intramolecular Hbond substituents is 1. The summed E-state index contributed by atoms with van der Waals surface area (Å²) in [7, 11) is 3.31. The van der Waals surface area contributed by atoms with Crippen LogP contribution in [0.1, 0.15) is 19.8 Å². The van der Waals surface area contributed by atoms with Crippen LogP contribution >= 0.6 is 11.6 Å². The molecule has 2 amide bonds. The minimum atomic E-state index is -0.680. The number of ether oxygens (including phenoxy) is 1. The lowest BCUT2D eigenvalue weighted by molar-refractivity contribution is -0.131. The smallest absolute Gasteiger partial charge is 0.319 e. The summed E-state index contributed by atoms with van der Waals surface area (Å²) in [4.78, 5) is 38.5. The molecule has 2 heterocycles. The number of rotatable bonds is 7. The first-order valence-electron chi connectivity index (χ1n) is 13.5. The van der Waals surface area contributed by atoms with E-state index in [-0.39, 0.29) is 52.7 Å². The summed E-state index contributed by atoms with van der Waals surface area (Å²) >= 11 is 6.76. The predicted molar refractivity (Wildman–Crippen MR) is 157 cm³/mol. The second-order valence-corrected chi connectivity index (χ2v) is 10.5. The molecule has 41 heavy (non-hydrogen) atoms.